The smallest absolute Gasteiger partial charge is 0.257 e. The summed E-state index contributed by atoms with van der Waals surface area (Å²) in [5.41, 5.74) is 2.58. The Kier molecular flexibility index (Phi) is 6.29. The van der Waals surface area contributed by atoms with Crippen LogP contribution in [0.25, 0.3) is 10.4 Å². The van der Waals surface area contributed by atoms with Crippen LogP contribution in [0.5, 0.6) is 0 Å². The van der Waals surface area contributed by atoms with Crippen molar-refractivity contribution in [1.29, 1.82) is 0 Å². The van der Waals surface area contributed by atoms with Crippen LogP contribution in [-0.2, 0) is 9.53 Å². The number of nitrogens with one attached hydrogen (secondary N) is 1. The Morgan fingerprint density at radius 2 is 1.89 bits per heavy atom. The highest BCUT2D eigenvalue weighted by atomic mass is 32.1. The average Bonchev–Trinajstić information content (AvgIpc) is 3.03. The molecule has 2 heterocycles. The fraction of sp³-hybridized carbons (Fsp3) is 0.429. The molecular weight excluding hydrogens is 360 g/mol. The normalized spacial score (nSPS) is 15.4. The Bertz CT molecular complexity index is 810. The molecule has 0 bridgehead atoms. The van der Waals surface area contributed by atoms with E-state index in [1.807, 2.05) is 56.0 Å². The average molecular weight is 387 g/mol. The van der Waals surface area contributed by atoms with E-state index >= 15 is 0 Å². The molecule has 1 unspecified atom stereocenters. The zero-order valence-corrected chi connectivity index (χ0v) is 16.9. The van der Waals surface area contributed by atoms with E-state index in [1.165, 1.54) is 11.3 Å². The molecule has 0 aliphatic carbocycles. The van der Waals surface area contributed by atoms with E-state index in [-0.39, 0.29) is 17.7 Å². The van der Waals surface area contributed by atoms with Crippen molar-refractivity contribution in [1.82, 2.24) is 4.90 Å². The summed E-state index contributed by atoms with van der Waals surface area (Å²) >= 11 is 1.48. The Balaban J connectivity index is 2.01. The second kappa shape index (κ2) is 8.67. The van der Waals surface area contributed by atoms with Gasteiger partial charge in [-0.25, -0.2) is 0 Å². The molecular formula is C21H26N2O3S. The van der Waals surface area contributed by atoms with E-state index in [2.05, 4.69) is 5.32 Å². The Morgan fingerprint density at radius 1 is 1.22 bits per heavy atom. The van der Waals surface area contributed by atoms with Crippen molar-refractivity contribution < 1.29 is 14.3 Å². The number of anilines is 1. The van der Waals surface area contributed by atoms with Crippen LogP contribution < -0.4 is 5.32 Å². The number of hydrogen-bond acceptors (Lipinski definition) is 4. The van der Waals surface area contributed by atoms with Crippen molar-refractivity contribution in [2.24, 2.45) is 5.92 Å². The summed E-state index contributed by atoms with van der Waals surface area (Å²) in [5, 5.41) is 3.66. The quantitative estimate of drug-likeness (QED) is 0.839. The van der Waals surface area contributed by atoms with Gasteiger partial charge in [0.2, 0.25) is 5.91 Å². The van der Waals surface area contributed by atoms with Crippen LogP contribution in [0.3, 0.4) is 0 Å². The van der Waals surface area contributed by atoms with Gasteiger partial charge in [-0.15, -0.1) is 11.3 Å². The minimum atomic E-state index is -0.0982. The third-order valence-electron chi connectivity index (χ3n) is 4.99. The number of nitrogens with zero attached hydrogens (tertiary/aromatic N) is 1. The first-order valence-electron chi connectivity index (χ1n) is 9.39. The van der Waals surface area contributed by atoms with Gasteiger partial charge in [-0.1, -0.05) is 44.2 Å². The molecule has 1 aliphatic heterocycles. The number of amides is 2. The zero-order valence-electron chi connectivity index (χ0n) is 16.1. The van der Waals surface area contributed by atoms with E-state index in [9.17, 15) is 9.59 Å². The lowest BCUT2D eigenvalue weighted by Gasteiger charge is -2.27. The van der Waals surface area contributed by atoms with Gasteiger partial charge in [-0.2, -0.15) is 0 Å². The van der Waals surface area contributed by atoms with Crippen LogP contribution in [0.15, 0.2) is 30.3 Å². The van der Waals surface area contributed by atoms with Crippen molar-refractivity contribution in [3.8, 4) is 10.4 Å². The highest BCUT2D eigenvalue weighted by Gasteiger charge is 2.28. The summed E-state index contributed by atoms with van der Waals surface area (Å²) in [6.07, 6.45) is 0.758. The fourth-order valence-electron chi connectivity index (χ4n) is 3.07. The SMILES string of the molecule is CCC(C)C(=O)Nc1sc(-c2ccccc2)c(C)c1C(=O)N1CCOCC1. The fourth-order valence-corrected chi connectivity index (χ4v) is 4.28. The molecule has 3 rings (SSSR count). The third kappa shape index (κ3) is 4.22. The largest absolute Gasteiger partial charge is 0.378 e. The minimum absolute atomic E-state index is 0.0336. The summed E-state index contributed by atoms with van der Waals surface area (Å²) < 4.78 is 5.37. The number of carbonyl (C=O) groups excluding carboxylic acids is 2. The molecule has 1 atom stereocenters. The number of morpholine rings is 1. The number of carbonyl (C=O) groups is 2. The molecule has 0 saturated carbocycles. The van der Waals surface area contributed by atoms with Gasteiger partial charge in [0.05, 0.1) is 18.8 Å². The first-order chi connectivity index (χ1) is 13.0. The zero-order chi connectivity index (χ0) is 19.4. The standard InChI is InChI=1S/C21H26N2O3S/c1-4-14(2)19(24)22-20-17(21(25)23-10-12-26-13-11-23)15(3)18(27-20)16-8-6-5-7-9-16/h5-9,14H,4,10-13H2,1-3H3,(H,22,24). The van der Waals surface area contributed by atoms with E-state index < -0.39 is 0 Å². The van der Waals surface area contributed by atoms with Crippen LogP contribution in [0.2, 0.25) is 0 Å². The lowest BCUT2D eigenvalue weighted by molar-refractivity contribution is -0.119. The van der Waals surface area contributed by atoms with Gasteiger partial charge >= 0.3 is 0 Å². The molecule has 1 N–H and O–H groups in total. The van der Waals surface area contributed by atoms with Crippen LogP contribution in [0.4, 0.5) is 5.00 Å². The first-order valence-corrected chi connectivity index (χ1v) is 10.2. The maximum Gasteiger partial charge on any atom is 0.257 e. The maximum atomic E-state index is 13.2. The molecule has 0 spiro atoms. The molecule has 1 aliphatic rings. The number of hydrogen-bond donors (Lipinski definition) is 1. The molecule has 27 heavy (non-hydrogen) atoms. The number of thiophene rings is 1. The van der Waals surface area contributed by atoms with Crippen LogP contribution >= 0.6 is 11.3 Å². The predicted octanol–water partition coefficient (Wildman–Crippen LogP) is 4.18. The molecule has 2 amide bonds. The van der Waals surface area contributed by atoms with E-state index in [0.29, 0.717) is 36.9 Å². The second-order valence-electron chi connectivity index (χ2n) is 6.83. The lowest BCUT2D eigenvalue weighted by Crippen LogP contribution is -2.41. The first kappa shape index (κ1) is 19.6. The van der Waals surface area contributed by atoms with Gasteiger partial charge < -0.3 is 15.0 Å². The van der Waals surface area contributed by atoms with Gasteiger partial charge in [0, 0.05) is 23.9 Å². The monoisotopic (exact) mass is 386 g/mol. The molecule has 5 nitrogen and oxygen atoms in total. The summed E-state index contributed by atoms with van der Waals surface area (Å²) in [6, 6.07) is 9.99. The van der Waals surface area contributed by atoms with Crippen molar-refractivity contribution in [3.63, 3.8) is 0 Å². The minimum Gasteiger partial charge on any atom is -0.378 e. The summed E-state index contributed by atoms with van der Waals surface area (Å²) in [7, 11) is 0. The van der Waals surface area contributed by atoms with Gasteiger partial charge in [-0.3, -0.25) is 9.59 Å². The number of rotatable bonds is 5. The van der Waals surface area contributed by atoms with Crippen molar-refractivity contribution in [2.45, 2.75) is 27.2 Å². The molecule has 1 fully saturated rings. The molecule has 144 valence electrons. The highest BCUT2D eigenvalue weighted by molar-refractivity contribution is 7.20. The summed E-state index contributed by atoms with van der Waals surface area (Å²) in [6.45, 7) is 8.10. The summed E-state index contributed by atoms with van der Waals surface area (Å²) in [5.74, 6) is -0.179. The molecule has 1 saturated heterocycles. The van der Waals surface area contributed by atoms with E-state index in [1.54, 1.807) is 0 Å². The van der Waals surface area contributed by atoms with Gasteiger partial charge in [0.15, 0.2) is 0 Å². The highest BCUT2D eigenvalue weighted by Crippen LogP contribution is 2.40. The number of benzene rings is 1. The Morgan fingerprint density at radius 3 is 2.52 bits per heavy atom. The van der Waals surface area contributed by atoms with Gasteiger partial charge in [0.25, 0.3) is 5.91 Å². The second-order valence-corrected chi connectivity index (χ2v) is 7.85. The van der Waals surface area contributed by atoms with E-state index in [0.717, 1.165) is 22.4 Å². The molecule has 0 radical (unpaired) electrons. The summed E-state index contributed by atoms with van der Waals surface area (Å²) in [4.78, 5) is 28.6. The van der Waals surface area contributed by atoms with E-state index in [4.69, 9.17) is 4.74 Å². The Hall–Kier alpha value is -2.18. The molecule has 6 heteroatoms. The van der Waals surface area contributed by atoms with Crippen LogP contribution in [0.1, 0.15) is 36.2 Å². The predicted molar refractivity (Wildman–Crippen MR) is 109 cm³/mol. The third-order valence-corrected chi connectivity index (χ3v) is 6.25. The molecule has 2 aromatic rings. The lowest BCUT2D eigenvalue weighted by atomic mass is 10.0. The maximum absolute atomic E-state index is 13.2. The van der Waals surface area contributed by atoms with Crippen LogP contribution in [-0.4, -0.2) is 43.0 Å². The van der Waals surface area contributed by atoms with Crippen molar-refractivity contribution in [2.75, 3.05) is 31.6 Å². The van der Waals surface area contributed by atoms with Crippen molar-refractivity contribution >= 4 is 28.2 Å². The van der Waals surface area contributed by atoms with Crippen LogP contribution in [0, 0.1) is 12.8 Å². The van der Waals surface area contributed by atoms with Crippen molar-refractivity contribution in [3.05, 3.63) is 41.5 Å². The van der Waals surface area contributed by atoms with Gasteiger partial charge in [-0.05, 0) is 24.5 Å². The topological polar surface area (TPSA) is 58.6 Å². The molecule has 1 aromatic carbocycles. The Labute approximate surface area is 164 Å². The number of ether oxygens (including phenoxy) is 1. The molecule has 1 aromatic heterocycles. The van der Waals surface area contributed by atoms with Gasteiger partial charge in [0.1, 0.15) is 5.00 Å².